The summed E-state index contributed by atoms with van der Waals surface area (Å²) in [5.74, 6) is -0.118. The minimum atomic E-state index is -3.39. The van der Waals surface area contributed by atoms with Crippen LogP contribution in [0.15, 0.2) is 59.1 Å². The number of sulfonamides is 1. The van der Waals surface area contributed by atoms with Crippen LogP contribution in [-0.4, -0.2) is 38.8 Å². The van der Waals surface area contributed by atoms with Gasteiger partial charge in [-0.15, -0.1) is 0 Å². The van der Waals surface area contributed by atoms with Gasteiger partial charge in [0.1, 0.15) is 0 Å². The second kappa shape index (κ2) is 8.54. The number of hydrogen-bond donors (Lipinski definition) is 0. The molecule has 144 valence electrons. The van der Waals surface area contributed by atoms with E-state index in [1.54, 1.807) is 11.9 Å². The maximum absolute atomic E-state index is 12.7. The first-order valence-electron chi connectivity index (χ1n) is 8.92. The van der Waals surface area contributed by atoms with E-state index in [-0.39, 0.29) is 17.6 Å². The zero-order chi connectivity index (χ0) is 19.4. The first kappa shape index (κ1) is 20.0. The van der Waals surface area contributed by atoms with Crippen molar-refractivity contribution in [3.63, 3.8) is 0 Å². The van der Waals surface area contributed by atoms with Gasteiger partial charge in [-0.2, -0.15) is 0 Å². The average Bonchev–Trinajstić information content (AvgIpc) is 2.67. The van der Waals surface area contributed by atoms with Crippen LogP contribution in [0.3, 0.4) is 0 Å². The largest absolute Gasteiger partial charge is 0.315 e. The van der Waals surface area contributed by atoms with Crippen molar-refractivity contribution in [2.45, 2.75) is 18.6 Å². The number of para-hydroxylation sites is 1. The van der Waals surface area contributed by atoms with Crippen LogP contribution in [0, 0.1) is 5.92 Å². The molecule has 0 radical (unpaired) electrons. The maximum atomic E-state index is 12.7. The molecule has 0 spiro atoms. The van der Waals surface area contributed by atoms with Crippen LogP contribution in [0.4, 0.5) is 5.69 Å². The van der Waals surface area contributed by atoms with Crippen molar-refractivity contribution in [1.29, 1.82) is 0 Å². The number of benzene rings is 2. The molecular formula is C20H23BrN2O3S. The van der Waals surface area contributed by atoms with Gasteiger partial charge in [0, 0.05) is 36.2 Å². The van der Waals surface area contributed by atoms with E-state index in [1.807, 2.05) is 54.6 Å². The van der Waals surface area contributed by atoms with Gasteiger partial charge in [0.2, 0.25) is 15.9 Å². The molecule has 5 nitrogen and oxygen atoms in total. The van der Waals surface area contributed by atoms with Crippen molar-refractivity contribution in [3.05, 3.63) is 64.6 Å². The third-order valence-electron chi connectivity index (χ3n) is 4.91. The van der Waals surface area contributed by atoms with Crippen LogP contribution in [0.25, 0.3) is 0 Å². The number of hydrogen-bond acceptors (Lipinski definition) is 3. The Bertz CT molecular complexity index is 894. The fourth-order valence-corrected chi connectivity index (χ4v) is 5.36. The SMILES string of the molecule is CN(C(=O)C1CCN(S(=O)(=O)Cc2cccc(Br)c2)CC1)c1ccccc1. The molecule has 1 aliphatic heterocycles. The Hall–Kier alpha value is -1.70. The highest BCUT2D eigenvalue weighted by Gasteiger charge is 2.32. The second-order valence-electron chi connectivity index (χ2n) is 6.79. The Morgan fingerprint density at radius 3 is 2.41 bits per heavy atom. The lowest BCUT2D eigenvalue weighted by atomic mass is 9.96. The molecule has 1 heterocycles. The molecule has 3 rings (SSSR count). The highest BCUT2D eigenvalue weighted by Crippen LogP contribution is 2.25. The molecule has 0 atom stereocenters. The van der Waals surface area contributed by atoms with E-state index in [2.05, 4.69) is 15.9 Å². The molecule has 1 saturated heterocycles. The molecule has 2 aromatic carbocycles. The minimum Gasteiger partial charge on any atom is -0.315 e. The third-order valence-corrected chi connectivity index (χ3v) is 7.25. The van der Waals surface area contributed by atoms with Crippen molar-refractivity contribution >= 4 is 37.5 Å². The molecule has 0 aliphatic carbocycles. The number of rotatable bonds is 5. The zero-order valence-corrected chi connectivity index (χ0v) is 17.6. The standard InChI is InChI=1S/C20H23BrN2O3S/c1-22(19-8-3-2-4-9-19)20(24)17-10-12-23(13-11-17)27(25,26)15-16-6-5-7-18(21)14-16/h2-9,14,17H,10-13,15H2,1H3. The molecule has 0 saturated carbocycles. The summed E-state index contributed by atoms with van der Waals surface area (Å²) in [5, 5.41) is 0. The van der Waals surface area contributed by atoms with Gasteiger partial charge in [0.05, 0.1) is 5.75 Å². The molecule has 1 fully saturated rings. The van der Waals surface area contributed by atoms with Gasteiger partial charge in [-0.1, -0.05) is 46.3 Å². The smallest absolute Gasteiger partial charge is 0.229 e. The van der Waals surface area contributed by atoms with Crippen LogP contribution >= 0.6 is 15.9 Å². The van der Waals surface area contributed by atoms with Gasteiger partial charge >= 0.3 is 0 Å². The Morgan fingerprint density at radius 2 is 1.78 bits per heavy atom. The van der Waals surface area contributed by atoms with Gasteiger partial charge in [0.15, 0.2) is 0 Å². The Labute approximate surface area is 169 Å². The van der Waals surface area contributed by atoms with Crippen LogP contribution in [0.1, 0.15) is 18.4 Å². The van der Waals surface area contributed by atoms with E-state index in [0.717, 1.165) is 15.7 Å². The number of halogens is 1. The van der Waals surface area contributed by atoms with Gasteiger partial charge in [-0.25, -0.2) is 12.7 Å². The number of nitrogens with zero attached hydrogens (tertiary/aromatic N) is 2. The molecule has 0 unspecified atom stereocenters. The number of carbonyl (C=O) groups is 1. The van der Waals surface area contributed by atoms with Crippen molar-refractivity contribution in [2.75, 3.05) is 25.0 Å². The summed E-state index contributed by atoms with van der Waals surface area (Å²) < 4.78 is 27.8. The lowest BCUT2D eigenvalue weighted by Crippen LogP contribution is -2.43. The predicted octanol–water partition coefficient (Wildman–Crippen LogP) is 3.65. The molecule has 0 aromatic heterocycles. The molecule has 2 aromatic rings. The summed E-state index contributed by atoms with van der Waals surface area (Å²) >= 11 is 3.37. The van der Waals surface area contributed by atoms with Crippen molar-refractivity contribution in [2.24, 2.45) is 5.92 Å². The van der Waals surface area contributed by atoms with Crippen molar-refractivity contribution in [3.8, 4) is 0 Å². The van der Waals surface area contributed by atoms with Gasteiger partial charge in [-0.05, 0) is 42.7 Å². The summed E-state index contributed by atoms with van der Waals surface area (Å²) in [6, 6.07) is 16.8. The topological polar surface area (TPSA) is 57.7 Å². The zero-order valence-electron chi connectivity index (χ0n) is 15.2. The van der Waals surface area contributed by atoms with Gasteiger partial charge in [-0.3, -0.25) is 4.79 Å². The van der Waals surface area contributed by atoms with Crippen molar-refractivity contribution in [1.82, 2.24) is 4.31 Å². The molecule has 27 heavy (non-hydrogen) atoms. The number of anilines is 1. The molecule has 0 bridgehead atoms. The fraction of sp³-hybridized carbons (Fsp3) is 0.350. The highest BCUT2D eigenvalue weighted by atomic mass is 79.9. The van der Waals surface area contributed by atoms with Crippen LogP contribution in [0.5, 0.6) is 0 Å². The monoisotopic (exact) mass is 450 g/mol. The van der Waals surface area contributed by atoms with E-state index >= 15 is 0 Å². The van der Waals surface area contributed by atoms with E-state index in [9.17, 15) is 13.2 Å². The molecule has 0 N–H and O–H groups in total. The Kier molecular flexibility index (Phi) is 6.34. The average molecular weight is 451 g/mol. The third kappa shape index (κ3) is 4.97. The number of piperidine rings is 1. The lowest BCUT2D eigenvalue weighted by Gasteiger charge is -2.32. The van der Waals surface area contributed by atoms with Gasteiger partial charge in [0.25, 0.3) is 0 Å². The van der Waals surface area contributed by atoms with E-state index < -0.39 is 10.0 Å². The van der Waals surface area contributed by atoms with Crippen molar-refractivity contribution < 1.29 is 13.2 Å². The first-order chi connectivity index (χ1) is 12.9. The van der Waals surface area contributed by atoms with Crippen LogP contribution < -0.4 is 4.90 Å². The van der Waals surface area contributed by atoms with Crippen LogP contribution in [0.2, 0.25) is 0 Å². The van der Waals surface area contributed by atoms with E-state index in [0.29, 0.717) is 25.9 Å². The second-order valence-corrected chi connectivity index (χ2v) is 9.68. The van der Waals surface area contributed by atoms with Gasteiger partial charge < -0.3 is 4.90 Å². The number of amides is 1. The fourth-order valence-electron chi connectivity index (χ4n) is 3.36. The lowest BCUT2D eigenvalue weighted by molar-refractivity contribution is -0.123. The Balaban J connectivity index is 1.60. The minimum absolute atomic E-state index is 0.0189. The summed E-state index contributed by atoms with van der Waals surface area (Å²) in [6.45, 7) is 0.769. The molecular weight excluding hydrogens is 428 g/mol. The van der Waals surface area contributed by atoms with E-state index in [1.165, 1.54) is 4.31 Å². The molecule has 1 aliphatic rings. The normalized spacial score (nSPS) is 16.2. The quantitative estimate of drug-likeness (QED) is 0.698. The predicted molar refractivity (Wildman–Crippen MR) is 111 cm³/mol. The van der Waals surface area contributed by atoms with Crippen LogP contribution in [-0.2, 0) is 20.6 Å². The molecule has 1 amide bonds. The van der Waals surface area contributed by atoms with E-state index in [4.69, 9.17) is 0 Å². The summed E-state index contributed by atoms with van der Waals surface area (Å²) in [6.07, 6.45) is 1.10. The molecule has 7 heteroatoms. The summed E-state index contributed by atoms with van der Waals surface area (Å²) in [5.41, 5.74) is 1.61. The first-order valence-corrected chi connectivity index (χ1v) is 11.3. The highest BCUT2D eigenvalue weighted by molar-refractivity contribution is 9.10. The number of carbonyl (C=O) groups excluding carboxylic acids is 1. The summed E-state index contributed by atoms with van der Waals surface area (Å²) in [7, 11) is -1.62. The maximum Gasteiger partial charge on any atom is 0.229 e. The Morgan fingerprint density at radius 1 is 1.11 bits per heavy atom. The summed E-state index contributed by atoms with van der Waals surface area (Å²) in [4.78, 5) is 14.4.